The highest BCUT2D eigenvalue weighted by Gasteiger charge is 2.24. The Bertz CT molecular complexity index is 779. The maximum Gasteiger partial charge on any atom is 0.251 e. The first-order chi connectivity index (χ1) is 12.2. The lowest BCUT2D eigenvalue weighted by molar-refractivity contribution is 0.0941. The molecule has 1 aliphatic heterocycles. The fourth-order valence-electron chi connectivity index (χ4n) is 4.59. The second kappa shape index (κ2) is 6.83. The number of benzene rings is 1. The van der Waals surface area contributed by atoms with E-state index in [1.807, 2.05) is 6.07 Å². The molecule has 0 spiro atoms. The van der Waals surface area contributed by atoms with Crippen molar-refractivity contribution >= 4 is 16.8 Å². The standard InChI is InChI=1S/C21H29N3O/c1-3-24-10-4-5-16(24)13-22-21(25)15-7-9-20-18(12-15)17-11-14(2)6-8-19(17)23-20/h7,9,12,14,16,23H,3-6,8,10-11,13H2,1-2H3,(H,22,25). The molecule has 2 atom stereocenters. The quantitative estimate of drug-likeness (QED) is 0.895. The van der Waals surface area contributed by atoms with Crippen LogP contribution < -0.4 is 5.32 Å². The zero-order valence-corrected chi connectivity index (χ0v) is 15.4. The summed E-state index contributed by atoms with van der Waals surface area (Å²) < 4.78 is 0. The second-order valence-electron chi connectivity index (χ2n) is 7.83. The van der Waals surface area contributed by atoms with Crippen LogP contribution in [-0.4, -0.2) is 41.5 Å². The van der Waals surface area contributed by atoms with E-state index in [0.29, 0.717) is 6.04 Å². The van der Waals surface area contributed by atoms with Gasteiger partial charge in [0, 0.05) is 34.7 Å². The van der Waals surface area contributed by atoms with Crippen LogP contribution in [0.1, 0.15) is 54.7 Å². The molecule has 1 aromatic carbocycles. The highest BCUT2D eigenvalue weighted by molar-refractivity contribution is 5.99. The van der Waals surface area contributed by atoms with Gasteiger partial charge in [0.1, 0.15) is 0 Å². The van der Waals surface area contributed by atoms with Crippen LogP contribution in [0.5, 0.6) is 0 Å². The summed E-state index contributed by atoms with van der Waals surface area (Å²) in [6, 6.07) is 6.61. The van der Waals surface area contributed by atoms with Crippen LogP contribution in [0.2, 0.25) is 0 Å². The summed E-state index contributed by atoms with van der Waals surface area (Å²) in [6.45, 7) is 7.51. The number of aromatic amines is 1. The topological polar surface area (TPSA) is 48.1 Å². The van der Waals surface area contributed by atoms with Crippen molar-refractivity contribution in [2.75, 3.05) is 19.6 Å². The molecule has 1 fully saturated rings. The van der Waals surface area contributed by atoms with Crippen molar-refractivity contribution < 1.29 is 4.79 Å². The van der Waals surface area contributed by atoms with Crippen molar-refractivity contribution in [1.29, 1.82) is 0 Å². The SMILES string of the molecule is CCN1CCCC1CNC(=O)c1ccc2[nH]c3c(c2c1)CC(C)CC3. The molecule has 2 heterocycles. The third-order valence-corrected chi connectivity index (χ3v) is 6.10. The normalized spacial score (nSPS) is 23.8. The predicted molar refractivity (Wildman–Crippen MR) is 102 cm³/mol. The lowest BCUT2D eigenvalue weighted by Gasteiger charge is -2.22. The smallest absolute Gasteiger partial charge is 0.251 e. The number of carbonyl (C=O) groups excluding carboxylic acids is 1. The number of carbonyl (C=O) groups is 1. The number of likely N-dealkylation sites (N-methyl/N-ethyl adjacent to an activating group) is 1. The predicted octanol–water partition coefficient (Wildman–Crippen LogP) is 3.51. The van der Waals surface area contributed by atoms with Gasteiger partial charge in [-0.2, -0.15) is 0 Å². The number of hydrogen-bond acceptors (Lipinski definition) is 2. The van der Waals surface area contributed by atoms with Crippen LogP contribution in [0.3, 0.4) is 0 Å². The Labute approximate surface area is 150 Å². The molecule has 2 aromatic rings. The molecule has 1 aromatic heterocycles. The minimum absolute atomic E-state index is 0.0589. The highest BCUT2D eigenvalue weighted by Crippen LogP contribution is 2.32. The van der Waals surface area contributed by atoms with Crippen molar-refractivity contribution in [3.63, 3.8) is 0 Å². The van der Waals surface area contributed by atoms with Crippen LogP contribution in [0.25, 0.3) is 10.9 Å². The average Bonchev–Trinajstić information content (AvgIpc) is 3.22. The summed E-state index contributed by atoms with van der Waals surface area (Å²) >= 11 is 0. The Morgan fingerprint density at radius 1 is 1.36 bits per heavy atom. The van der Waals surface area contributed by atoms with E-state index in [1.54, 1.807) is 0 Å². The zero-order chi connectivity index (χ0) is 17.4. The first kappa shape index (κ1) is 16.6. The van der Waals surface area contributed by atoms with Crippen molar-refractivity contribution in [3.8, 4) is 0 Å². The zero-order valence-electron chi connectivity index (χ0n) is 15.4. The molecule has 0 bridgehead atoms. The van der Waals surface area contributed by atoms with Crippen molar-refractivity contribution in [1.82, 2.24) is 15.2 Å². The van der Waals surface area contributed by atoms with E-state index in [2.05, 4.69) is 41.2 Å². The fraction of sp³-hybridized carbons (Fsp3) is 0.571. The van der Waals surface area contributed by atoms with Gasteiger partial charge in [-0.05, 0) is 74.9 Å². The van der Waals surface area contributed by atoms with Gasteiger partial charge in [-0.1, -0.05) is 13.8 Å². The molecule has 25 heavy (non-hydrogen) atoms. The average molecular weight is 339 g/mol. The van der Waals surface area contributed by atoms with Crippen LogP contribution in [0, 0.1) is 5.92 Å². The number of aryl methyl sites for hydroxylation is 1. The van der Waals surface area contributed by atoms with E-state index in [0.717, 1.165) is 44.0 Å². The maximum absolute atomic E-state index is 12.7. The van der Waals surface area contributed by atoms with Crippen molar-refractivity contribution in [2.45, 2.75) is 52.0 Å². The molecular weight excluding hydrogens is 310 g/mol. The summed E-state index contributed by atoms with van der Waals surface area (Å²) in [5.74, 6) is 0.787. The number of likely N-dealkylation sites (tertiary alicyclic amines) is 1. The molecule has 0 saturated carbocycles. The Balaban J connectivity index is 1.51. The van der Waals surface area contributed by atoms with E-state index in [1.165, 1.54) is 41.4 Å². The van der Waals surface area contributed by atoms with Gasteiger partial charge in [-0.15, -0.1) is 0 Å². The van der Waals surface area contributed by atoms with Crippen LogP contribution in [0.4, 0.5) is 0 Å². The molecule has 4 nitrogen and oxygen atoms in total. The molecule has 1 amide bonds. The van der Waals surface area contributed by atoms with Gasteiger partial charge in [0.25, 0.3) is 5.91 Å². The van der Waals surface area contributed by atoms with Gasteiger partial charge in [0.2, 0.25) is 0 Å². The molecule has 2 N–H and O–H groups in total. The molecule has 0 radical (unpaired) electrons. The molecular formula is C21H29N3O. The minimum Gasteiger partial charge on any atom is -0.358 e. The summed E-state index contributed by atoms with van der Waals surface area (Å²) in [5.41, 5.74) is 4.75. The Morgan fingerprint density at radius 3 is 3.08 bits per heavy atom. The van der Waals surface area contributed by atoms with E-state index in [4.69, 9.17) is 0 Å². The van der Waals surface area contributed by atoms with Gasteiger partial charge < -0.3 is 10.3 Å². The number of H-pyrrole nitrogens is 1. The van der Waals surface area contributed by atoms with Gasteiger partial charge >= 0.3 is 0 Å². The first-order valence-corrected chi connectivity index (χ1v) is 9.81. The maximum atomic E-state index is 12.7. The minimum atomic E-state index is 0.0589. The number of hydrogen-bond donors (Lipinski definition) is 2. The number of nitrogens with zero attached hydrogens (tertiary/aromatic N) is 1. The lowest BCUT2D eigenvalue weighted by Crippen LogP contribution is -2.40. The van der Waals surface area contributed by atoms with E-state index in [-0.39, 0.29) is 5.91 Å². The van der Waals surface area contributed by atoms with Gasteiger partial charge in [0.15, 0.2) is 0 Å². The van der Waals surface area contributed by atoms with Crippen LogP contribution in [0.15, 0.2) is 18.2 Å². The largest absolute Gasteiger partial charge is 0.358 e. The molecule has 2 unspecified atom stereocenters. The number of rotatable bonds is 4. The van der Waals surface area contributed by atoms with Gasteiger partial charge in [-0.3, -0.25) is 9.69 Å². The fourth-order valence-corrected chi connectivity index (χ4v) is 4.59. The molecule has 4 rings (SSSR count). The van der Waals surface area contributed by atoms with Crippen LogP contribution in [-0.2, 0) is 12.8 Å². The number of nitrogens with one attached hydrogen (secondary N) is 2. The molecule has 2 aliphatic rings. The molecule has 1 aliphatic carbocycles. The van der Waals surface area contributed by atoms with Gasteiger partial charge in [-0.25, -0.2) is 0 Å². The third kappa shape index (κ3) is 3.20. The summed E-state index contributed by atoms with van der Waals surface area (Å²) in [6.07, 6.45) is 5.93. The number of aromatic nitrogens is 1. The third-order valence-electron chi connectivity index (χ3n) is 6.10. The second-order valence-corrected chi connectivity index (χ2v) is 7.83. The number of amides is 1. The van der Waals surface area contributed by atoms with E-state index >= 15 is 0 Å². The van der Waals surface area contributed by atoms with E-state index in [9.17, 15) is 4.79 Å². The summed E-state index contributed by atoms with van der Waals surface area (Å²) in [7, 11) is 0. The van der Waals surface area contributed by atoms with Crippen molar-refractivity contribution in [3.05, 3.63) is 35.0 Å². The van der Waals surface area contributed by atoms with Crippen LogP contribution >= 0.6 is 0 Å². The first-order valence-electron chi connectivity index (χ1n) is 9.81. The Morgan fingerprint density at radius 2 is 2.24 bits per heavy atom. The summed E-state index contributed by atoms with van der Waals surface area (Å²) in [5, 5.41) is 4.40. The summed E-state index contributed by atoms with van der Waals surface area (Å²) in [4.78, 5) is 18.7. The number of fused-ring (bicyclic) bond motifs is 3. The van der Waals surface area contributed by atoms with E-state index < -0.39 is 0 Å². The Kier molecular flexibility index (Phi) is 4.55. The lowest BCUT2D eigenvalue weighted by atomic mass is 9.87. The molecule has 1 saturated heterocycles. The monoisotopic (exact) mass is 339 g/mol. The Hall–Kier alpha value is -1.81. The van der Waals surface area contributed by atoms with Crippen molar-refractivity contribution in [2.24, 2.45) is 5.92 Å². The van der Waals surface area contributed by atoms with Gasteiger partial charge in [0.05, 0.1) is 0 Å². The highest BCUT2D eigenvalue weighted by atomic mass is 16.1. The molecule has 4 heteroatoms. The molecule has 134 valence electrons.